The number of benzene rings is 2. The predicted molar refractivity (Wildman–Crippen MR) is 104 cm³/mol. The second kappa shape index (κ2) is 7.87. The Hall–Kier alpha value is -3.74. The number of carbonyl (C=O) groups excluding carboxylic acids is 1. The van der Waals surface area contributed by atoms with Crippen molar-refractivity contribution in [2.75, 3.05) is 0 Å². The molecular weight excluding hydrogens is 356 g/mol. The molecular formula is C21H18N4O3. The molecule has 0 saturated carbocycles. The van der Waals surface area contributed by atoms with Crippen LogP contribution >= 0.6 is 0 Å². The van der Waals surface area contributed by atoms with E-state index in [-0.39, 0.29) is 30.9 Å². The summed E-state index contributed by atoms with van der Waals surface area (Å²) in [6, 6.07) is 16.8. The second-order valence-electron chi connectivity index (χ2n) is 6.32. The largest absolute Gasteiger partial charge is 0.444 e. The van der Waals surface area contributed by atoms with Crippen LogP contribution in [0.3, 0.4) is 0 Å². The third-order valence-corrected chi connectivity index (χ3v) is 4.30. The Kier molecular flexibility index (Phi) is 4.97. The molecule has 2 aromatic heterocycles. The maximum absolute atomic E-state index is 12.1. The fourth-order valence-electron chi connectivity index (χ4n) is 2.85. The number of nitrogens with zero attached hydrogens (tertiary/aromatic N) is 2. The summed E-state index contributed by atoms with van der Waals surface area (Å²) in [7, 11) is 0. The Labute approximate surface area is 160 Å². The minimum absolute atomic E-state index is 0.164. The number of rotatable bonds is 6. The number of amides is 1. The van der Waals surface area contributed by atoms with E-state index in [0.29, 0.717) is 28.3 Å². The molecule has 28 heavy (non-hydrogen) atoms. The number of aryl methyl sites for hydroxylation is 1. The molecule has 7 nitrogen and oxygen atoms in total. The normalized spacial score (nSPS) is 10.9. The van der Waals surface area contributed by atoms with E-state index in [2.05, 4.69) is 20.3 Å². The summed E-state index contributed by atoms with van der Waals surface area (Å²) in [6.45, 7) is 0.261. The van der Waals surface area contributed by atoms with Gasteiger partial charge in [-0.1, -0.05) is 30.3 Å². The third kappa shape index (κ3) is 3.98. The number of para-hydroxylation sites is 2. The quantitative estimate of drug-likeness (QED) is 0.540. The summed E-state index contributed by atoms with van der Waals surface area (Å²) in [5, 5.41) is 2.79. The Balaban J connectivity index is 1.34. The van der Waals surface area contributed by atoms with E-state index >= 15 is 0 Å². The minimum atomic E-state index is -0.268. The Morgan fingerprint density at radius 3 is 2.68 bits per heavy atom. The van der Waals surface area contributed by atoms with Crippen LogP contribution in [-0.2, 0) is 17.8 Å². The topological polar surface area (TPSA) is 101 Å². The SMILES string of the molecule is O=C(CCc1nc2ccccc2[nH]c1=O)NCc1coc(-c2ccccc2)n1. The van der Waals surface area contributed by atoms with Crippen molar-refractivity contribution in [2.24, 2.45) is 0 Å². The van der Waals surface area contributed by atoms with Gasteiger partial charge in [0.25, 0.3) is 5.56 Å². The molecule has 0 saturated heterocycles. The monoisotopic (exact) mass is 374 g/mol. The van der Waals surface area contributed by atoms with Crippen LogP contribution in [0.25, 0.3) is 22.5 Å². The van der Waals surface area contributed by atoms with Crippen LogP contribution in [0.5, 0.6) is 0 Å². The first-order chi connectivity index (χ1) is 13.7. The van der Waals surface area contributed by atoms with Gasteiger partial charge >= 0.3 is 0 Å². The van der Waals surface area contributed by atoms with Gasteiger partial charge in [-0.15, -0.1) is 0 Å². The maximum Gasteiger partial charge on any atom is 0.270 e. The smallest absolute Gasteiger partial charge is 0.270 e. The molecule has 0 bridgehead atoms. The summed E-state index contributed by atoms with van der Waals surface area (Å²) in [5.74, 6) is 0.329. The highest BCUT2D eigenvalue weighted by atomic mass is 16.3. The molecule has 0 radical (unpaired) electrons. The lowest BCUT2D eigenvalue weighted by Gasteiger charge is -2.04. The molecule has 0 unspecified atom stereocenters. The molecule has 140 valence electrons. The number of H-pyrrole nitrogens is 1. The van der Waals surface area contributed by atoms with E-state index < -0.39 is 0 Å². The van der Waals surface area contributed by atoms with Crippen LogP contribution in [0.2, 0.25) is 0 Å². The fraction of sp³-hybridized carbons (Fsp3) is 0.143. The van der Waals surface area contributed by atoms with Gasteiger partial charge in [-0.3, -0.25) is 9.59 Å². The number of fused-ring (bicyclic) bond motifs is 1. The van der Waals surface area contributed by atoms with E-state index in [1.54, 1.807) is 6.07 Å². The number of oxazole rings is 1. The highest BCUT2D eigenvalue weighted by Crippen LogP contribution is 2.17. The van der Waals surface area contributed by atoms with Crippen LogP contribution < -0.4 is 10.9 Å². The molecule has 7 heteroatoms. The summed E-state index contributed by atoms with van der Waals surface area (Å²) >= 11 is 0. The molecule has 0 atom stereocenters. The van der Waals surface area contributed by atoms with Gasteiger partial charge < -0.3 is 14.7 Å². The molecule has 1 amide bonds. The predicted octanol–water partition coefficient (Wildman–Crippen LogP) is 2.83. The van der Waals surface area contributed by atoms with E-state index in [1.807, 2.05) is 48.5 Å². The first-order valence-electron chi connectivity index (χ1n) is 8.93. The molecule has 0 fully saturated rings. The van der Waals surface area contributed by atoms with Crippen LogP contribution in [0.1, 0.15) is 17.8 Å². The molecule has 2 heterocycles. The lowest BCUT2D eigenvalue weighted by Crippen LogP contribution is -2.25. The number of nitrogens with one attached hydrogen (secondary N) is 2. The second-order valence-corrected chi connectivity index (χ2v) is 6.32. The molecule has 4 aromatic rings. The van der Waals surface area contributed by atoms with Crippen LogP contribution in [-0.4, -0.2) is 20.9 Å². The van der Waals surface area contributed by atoms with E-state index in [9.17, 15) is 9.59 Å². The number of aromatic nitrogens is 3. The molecule has 0 spiro atoms. The van der Waals surface area contributed by atoms with Crippen molar-refractivity contribution in [2.45, 2.75) is 19.4 Å². The lowest BCUT2D eigenvalue weighted by atomic mass is 10.2. The Morgan fingerprint density at radius 2 is 1.82 bits per heavy atom. The highest BCUT2D eigenvalue weighted by Gasteiger charge is 2.10. The van der Waals surface area contributed by atoms with Gasteiger partial charge in [-0.2, -0.15) is 0 Å². The standard InChI is InChI=1S/C21H18N4O3/c26-19(11-10-18-20(27)25-17-9-5-4-8-16(17)24-18)22-12-15-13-28-21(23-15)14-6-2-1-3-7-14/h1-9,13H,10-12H2,(H,22,26)(H,25,27). The van der Waals surface area contributed by atoms with Crippen molar-refractivity contribution in [3.8, 4) is 11.5 Å². The average Bonchev–Trinajstić information content (AvgIpc) is 3.20. The lowest BCUT2D eigenvalue weighted by molar-refractivity contribution is -0.121. The Morgan fingerprint density at radius 1 is 1.04 bits per heavy atom. The first-order valence-corrected chi connectivity index (χ1v) is 8.93. The van der Waals surface area contributed by atoms with Gasteiger partial charge in [0.05, 0.1) is 23.3 Å². The zero-order valence-electron chi connectivity index (χ0n) is 15.0. The van der Waals surface area contributed by atoms with Crippen molar-refractivity contribution in [3.05, 3.63) is 82.6 Å². The fourth-order valence-corrected chi connectivity index (χ4v) is 2.85. The minimum Gasteiger partial charge on any atom is -0.444 e. The van der Waals surface area contributed by atoms with Crippen molar-refractivity contribution >= 4 is 16.9 Å². The van der Waals surface area contributed by atoms with Crippen molar-refractivity contribution in [1.82, 2.24) is 20.3 Å². The highest BCUT2D eigenvalue weighted by molar-refractivity contribution is 5.76. The van der Waals surface area contributed by atoms with Gasteiger partial charge in [-0.25, -0.2) is 9.97 Å². The molecule has 4 rings (SSSR count). The van der Waals surface area contributed by atoms with Gasteiger partial charge in [-0.05, 0) is 24.3 Å². The molecule has 2 N–H and O–H groups in total. The summed E-state index contributed by atoms with van der Waals surface area (Å²) in [6.07, 6.45) is 1.95. The third-order valence-electron chi connectivity index (χ3n) is 4.30. The van der Waals surface area contributed by atoms with E-state index in [4.69, 9.17) is 4.42 Å². The molecule has 2 aromatic carbocycles. The van der Waals surface area contributed by atoms with Gasteiger partial charge in [0.1, 0.15) is 12.0 Å². The zero-order chi connectivity index (χ0) is 19.3. The molecule has 0 aliphatic heterocycles. The number of hydrogen-bond donors (Lipinski definition) is 2. The van der Waals surface area contributed by atoms with Crippen molar-refractivity contribution in [3.63, 3.8) is 0 Å². The number of hydrogen-bond acceptors (Lipinski definition) is 5. The average molecular weight is 374 g/mol. The zero-order valence-corrected chi connectivity index (χ0v) is 15.0. The first kappa shape index (κ1) is 17.7. The van der Waals surface area contributed by atoms with Gasteiger partial charge in [0.2, 0.25) is 11.8 Å². The molecule has 0 aliphatic rings. The van der Waals surface area contributed by atoms with Crippen molar-refractivity contribution in [1.29, 1.82) is 0 Å². The number of aromatic amines is 1. The molecule has 0 aliphatic carbocycles. The van der Waals surface area contributed by atoms with Crippen molar-refractivity contribution < 1.29 is 9.21 Å². The maximum atomic E-state index is 12.1. The van der Waals surface area contributed by atoms with Crippen LogP contribution in [0.15, 0.2) is 70.1 Å². The summed E-state index contributed by atoms with van der Waals surface area (Å²) < 4.78 is 5.45. The van der Waals surface area contributed by atoms with Crippen LogP contribution in [0.4, 0.5) is 0 Å². The van der Waals surface area contributed by atoms with Crippen LogP contribution in [0, 0.1) is 0 Å². The van der Waals surface area contributed by atoms with E-state index in [1.165, 1.54) is 6.26 Å². The number of carbonyl (C=O) groups is 1. The summed E-state index contributed by atoms with van der Waals surface area (Å²) in [5.41, 5.74) is 2.97. The van der Waals surface area contributed by atoms with Gasteiger partial charge in [0, 0.05) is 18.4 Å². The Bertz CT molecular complexity index is 1160. The van der Waals surface area contributed by atoms with E-state index in [0.717, 1.165) is 5.56 Å². The summed E-state index contributed by atoms with van der Waals surface area (Å²) in [4.78, 5) is 35.7. The van der Waals surface area contributed by atoms with Gasteiger partial charge in [0.15, 0.2) is 0 Å².